The summed E-state index contributed by atoms with van der Waals surface area (Å²) in [5.74, 6) is 0. The number of benzene rings is 2. The van der Waals surface area contributed by atoms with Crippen molar-refractivity contribution in [2.45, 2.75) is 13.3 Å². The van der Waals surface area contributed by atoms with Crippen molar-refractivity contribution in [2.24, 2.45) is 0 Å². The number of imidazole rings is 1. The molecule has 0 saturated carbocycles. The number of hydrogen-bond donors (Lipinski definition) is 1. The molecule has 98 valence electrons. The molecule has 0 aliphatic heterocycles. The fourth-order valence-electron chi connectivity index (χ4n) is 2.69. The first kappa shape index (κ1) is 11.2. The van der Waals surface area contributed by atoms with Crippen LogP contribution in [0.5, 0.6) is 0 Å². The summed E-state index contributed by atoms with van der Waals surface area (Å²) in [6.07, 6.45) is 0.944. The van der Waals surface area contributed by atoms with E-state index < -0.39 is 0 Å². The minimum Gasteiger partial charge on any atom is -0.306 e. The van der Waals surface area contributed by atoms with E-state index in [1.54, 1.807) is 4.40 Å². The van der Waals surface area contributed by atoms with Crippen LogP contribution in [0.4, 0.5) is 0 Å². The van der Waals surface area contributed by atoms with E-state index in [1.807, 2.05) is 36.4 Å². The predicted molar refractivity (Wildman–Crippen MR) is 80.2 cm³/mol. The van der Waals surface area contributed by atoms with Crippen molar-refractivity contribution in [2.75, 3.05) is 0 Å². The van der Waals surface area contributed by atoms with Gasteiger partial charge in [-0.2, -0.15) is 0 Å². The van der Waals surface area contributed by atoms with E-state index in [2.05, 4.69) is 23.0 Å². The number of hydrogen-bond acceptors (Lipinski definition) is 2. The van der Waals surface area contributed by atoms with Gasteiger partial charge in [-0.05, 0) is 36.2 Å². The number of aromatic amines is 1. The molecule has 2 heterocycles. The molecule has 0 unspecified atom stereocenters. The standard InChI is InChI=1S/C16H13N3O/c1-2-10-7-8-11-13(9-10)18-16(20)19-14-6-4-3-5-12(14)17-15(11)19/h3-9H,2H2,1H3,(H,18,20). The molecule has 0 saturated heterocycles. The molecule has 0 bridgehead atoms. The Morgan fingerprint density at radius 3 is 2.90 bits per heavy atom. The van der Waals surface area contributed by atoms with Gasteiger partial charge in [-0.1, -0.05) is 25.1 Å². The third kappa shape index (κ3) is 1.42. The summed E-state index contributed by atoms with van der Waals surface area (Å²) in [6.45, 7) is 2.10. The molecule has 0 aliphatic carbocycles. The summed E-state index contributed by atoms with van der Waals surface area (Å²) in [5, 5.41) is 0.970. The number of nitrogens with zero attached hydrogens (tertiary/aromatic N) is 2. The van der Waals surface area contributed by atoms with Gasteiger partial charge in [-0.25, -0.2) is 14.2 Å². The molecule has 0 spiro atoms. The topological polar surface area (TPSA) is 50.2 Å². The third-order valence-electron chi connectivity index (χ3n) is 3.74. The molecule has 4 nitrogen and oxygen atoms in total. The highest BCUT2D eigenvalue weighted by molar-refractivity contribution is 5.96. The van der Waals surface area contributed by atoms with Crippen molar-refractivity contribution in [1.29, 1.82) is 0 Å². The van der Waals surface area contributed by atoms with Crippen molar-refractivity contribution in [3.05, 3.63) is 58.5 Å². The van der Waals surface area contributed by atoms with Gasteiger partial charge in [0.1, 0.15) is 0 Å². The van der Waals surface area contributed by atoms with Crippen LogP contribution in [-0.2, 0) is 6.42 Å². The fourth-order valence-corrected chi connectivity index (χ4v) is 2.69. The van der Waals surface area contributed by atoms with E-state index in [4.69, 9.17) is 0 Å². The lowest BCUT2D eigenvalue weighted by atomic mass is 10.1. The van der Waals surface area contributed by atoms with Crippen LogP contribution in [0.1, 0.15) is 12.5 Å². The molecule has 2 aromatic carbocycles. The number of rotatable bonds is 1. The molecule has 0 atom stereocenters. The van der Waals surface area contributed by atoms with Crippen LogP contribution in [0, 0.1) is 0 Å². The quantitative estimate of drug-likeness (QED) is 0.574. The minimum absolute atomic E-state index is 0.144. The summed E-state index contributed by atoms with van der Waals surface area (Å²) in [5.41, 5.74) is 4.29. The zero-order valence-electron chi connectivity index (χ0n) is 11.1. The monoisotopic (exact) mass is 263 g/mol. The molecule has 4 heteroatoms. The Balaban J connectivity index is 2.27. The Labute approximate surface area is 114 Å². The average molecular weight is 263 g/mol. The van der Waals surface area contributed by atoms with Crippen molar-refractivity contribution in [3.8, 4) is 0 Å². The Bertz CT molecular complexity index is 1010. The van der Waals surface area contributed by atoms with Gasteiger partial charge in [-0.3, -0.25) is 0 Å². The lowest BCUT2D eigenvalue weighted by Gasteiger charge is -2.03. The maximum absolute atomic E-state index is 12.3. The van der Waals surface area contributed by atoms with Crippen LogP contribution < -0.4 is 5.69 Å². The third-order valence-corrected chi connectivity index (χ3v) is 3.74. The van der Waals surface area contributed by atoms with Crippen molar-refractivity contribution in [1.82, 2.24) is 14.4 Å². The predicted octanol–water partition coefficient (Wildman–Crippen LogP) is 2.89. The van der Waals surface area contributed by atoms with Crippen molar-refractivity contribution in [3.63, 3.8) is 0 Å². The van der Waals surface area contributed by atoms with Crippen molar-refractivity contribution < 1.29 is 0 Å². The number of H-pyrrole nitrogens is 1. The molecular formula is C16H13N3O. The first-order valence-electron chi connectivity index (χ1n) is 6.70. The largest absolute Gasteiger partial charge is 0.332 e. The molecule has 1 N–H and O–H groups in total. The first-order valence-corrected chi connectivity index (χ1v) is 6.70. The minimum atomic E-state index is -0.144. The molecule has 0 aliphatic rings. The van der Waals surface area contributed by atoms with E-state index in [-0.39, 0.29) is 5.69 Å². The second kappa shape index (κ2) is 3.93. The number of aryl methyl sites for hydroxylation is 1. The smallest absolute Gasteiger partial charge is 0.306 e. The van der Waals surface area contributed by atoms with Crippen LogP contribution >= 0.6 is 0 Å². The van der Waals surface area contributed by atoms with Crippen LogP contribution in [0.3, 0.4) is 0 Å². The lowest BCUT2D eigenvalue weighted by Crippen LogP contribution is -2.16. The van der Waals surface area contributed by atoms with Crippen LogP contribution in [-0.4, -0.2) is 14.4 Å². The molecule has 0 radical (unpaired) electrons. The average Bonchev–Trinajstić information content (AvgIpc) is 2.86. The van der Waals surface area contributed by atoms with Crippen LogP contribution in [0.15, 0.2) is 47.3 Å². The Hall–Kier alpha value is -2.62. The van der Waals surface area contributed by atoms with Gasteiger partial charge < -0.3 is 4.98 Å². The highest BCUT2D eigenvalue weighted by Crippen LogP contribution is 2.21. The molecule has 0 amide bonds. The maximum Gasteiger partial charge on any atom is 0.332 e. The van der Waals surface area contributed by atoms with Gasteiger partial charge >= 0.3 is 5.69 Å². The second-order valence-electron chi connectivity index (χ2n) is 4.92. The van der Waals surface area contributed by atoms with Gasteiger partial charge in [0.05, 0.1) is 16.6 Å². The molecular weight excluding hydrogens is 250 g/mol. The summed E-state index contributed by atoms with van der Waals surface area (Å²) in [6, 6.07) is 13.8. The van der Waals surface area contributed by atoms with Gasteiger partial charge in [-0.15, -0.1) is 0 Å². The highest BCUT2D eigenvalue weighted by atomic mass is 16.1. The summed E-state index contributed by atoms with van der Waals surface area (Å²) in [7, 11) is 0. The van der Waals surface area contributed by atoms with Gasteiger partial charge in [0.2, 0.25) is 0 Å². The highest BCUT2D eigenvalue weighted by Gasteiger charge is 2.10. The van der Waals surface area contributed by atoms with E-state index in [0.29, 0.717) is 5.65 Å². The van der Waals surface area contributed by atoms with E-state index in [1.165, 1.54) is 5.56 Å². The van der Waals surface area contributed by atoms with E-state index in [9.17, 15) is 4.79 Å². The van der Waals surface area contributed by atoms with E-state index in [0.717, 1.165) is 28.4 Å². The van der Waals surface area contributed by atoms with Crippen LogP contribution in [0.2, 0.25) is 0 Å². The Morgan fingerprint density at radius 1 is 1.20 bits per heavy atom. The fraction of sp³-hybridized carbons (Fsp3) is 0.125. The van der Waals surface area contributed by atoms with Crippen LogP contribution in [0.25, 0.3) is 27.6 Å². The summed E-state index contributed by atoms with van der Waals surface area (Å²) >= 11 is 0. The second-order valence-corrected chi connectivity index (χ2v) is 4.92. The molecule has 2 aromatic heterocycles. The molecule has 0 fully saturated rings. The maximum atomic E-state index is 12.3. The number of para-hydroxylation sites is 2. The molecule has 4 aromatic rings. The number of aromatic nitrogens is 3. The van der Waals surface area contributed by atoms with Gasteiger partial charge in [0.25, 0.3) is 0 Å². The zero-order chi connectivity index (χ0) is 13.7. The SMILES string of the molecule is CCc1ccc2c(c1)[nH]c(=O)n1c3ccccc3nc21. The first-order chi connectivity index (χ1) is 9.78. The Kier molecular flexibility index (Phi) is 2.21. The zero-order valence-corrected chi connectivity index (χ0v) is 11.1. The summed E-state index contributed by atoms with van der Waals surface area (Å²) in [4.78, 5) is 19.9. The Morgan fingerprint density at radius 2 is 2.05 bits per heavy atom. The lowest BCUT2D eigenvalue weighted by molar-refractivity contribution is 1.06. The normalized spacial score (nSPS) is 11.7. The number of fused-ring (bicyclic) bond motifs is 5. The van der Waals surface area contributed by atoms with Crippen molar-refractivity contribution >= 4 is 27.6 Å². The molecule has 20 heavy (non-hydrogen) atoms. The molecule has 4 rings (SSSR count). The van der Waals surface area contributed by atoms with E-state index >= 15 is 0 Å². The summed E-state index contributed by atoms with van der Waals surface area (Å²) < 4.78 is 1.64. The van der Waals surface area contributed by atoms with Gasteiger partial charge in [0.15, 0.2) is 5.65 Å². The van der Waals surface area contributed by atoms with Gasteiger partial charge in [0, 0.05) is 5.39 Å². The number of nitrogens with one attached hydrogen (secondary N) is 1.